The summed E-state index contributed by atoms with van der Waals surface area (Å²) in [6.07, 6.45) is 12.3. The lowest BCUT2D eigenvalue weighted by molar-refractivity contribution is -0.0799. The highest BCUT2D eigenvalue weighted by Gasteiger charge is 2.62. The van der Waals surface area contributed by atoms with Gasteiger partial charge < -0.3 is 9.29 Å². The second-order valence-electron chi connectivity index (χ2n) is 9.19. The van der Waals surface area contributed by atoms with Crippen LogP contribution in [0.1, 0.15) is 62.5 Å². The second-order valence-corrected chi connectivity index (χ2v) is 10.9. The number of terminal acetylenes is 1. The molecule has 0 radical (unpaired) electrons. The Bertz CT molecular complexity index is 950. The van der Waals surface area contributed by atoms with E-state index in [1.54, 1.807) is 6.07 Å². The molecule has 1 N–H and O–H groups in total. The van der Waals surface area contributed by atoms with E-state index in [0.29, 0.717) is 29.9 Å². The third-order valence-electron chi connectivity index (χ3n) is 8.07. The van der Waals surface area contributed by atoms with E-state index in [1.165, 1.54) is 25.2 Å². The number of nitrogens with zero attached hydrogens (tertiary/aromatic N) is 1. The Balaban J connectivity index is 1.63. The zero-order valence-corrected chi connectivity index (χ0v) is 18.3. The fourth-order valence-corrected chi connectivity index (χ4v) is 7.08. The van der Waals surface area contributed by atoms with Crippen LogP contribution in [0.15, 0.2) is 18.2 Å². The molecule has 1 aromatic rings. The van der Waals surface area contributed by atoms with E-state index < -0.39 is 15.9 Å². The van der Waals surface area contributed by atoms with Crippen LogP contribution in [0.5, 0.6) is 5.75 Å². The minimum absolute atomic E-state index is 0.163. The van der Waals surface area contributed by atoms with Gasteiger partial charge in [0.2, 0.25) is 0 Å². The third-order valence-corrected chi connectivity index (χ3v) is 9.36. The van der Waals surface area contributed by atoms with E-state index in [0.717, 1.165) is 42.8 Å². The van der Waals surface area contributed by atoms with Crippen molar-refractivity contribution in [2.45, 2.75) is 63.4 Å². The summed E-state index contributed by atoms with van der Waals surface area (Å²) < 4.78 is 30.4. The molecule has 3 aliphatic carbocycles. The predicted molar refractivity (Wildman–Crippen MR) is 113 cm³/mol. The summed E-state index contributed by atoms with van der Waals surface area (Å²) in [6.45, 7) is 2.17. The molecule has 5 atom stereocenters. The van der Waals surface area contributed by atoms with Crippen LogP contribution in [-0.4, -0.2) is 37.5 Å². The average molecular weight is 418 g/mol. The maximum absolute atomic E-state index is 12.0. The molecule has 4 rings (SSSR count). The van der Waals surface area contributed by atoms with Gasteiger partial charge in [0.15, 0.2) is 0 Å². The summed E-state index contributed by atoms with van der Waals surface area (Å²) in [5.74, 6) is 4.56. The first-order chi connectivity index (χ1) is 13.7. The largest absolute Gasteiger partial charge is 0.384 e. The van der Waals surface area contributed by atoms with Crippen LogP contribution >= 0.6 is 0 Å². The second kappa shape index (κ2) is 7.01. The SMILES string of the molecule is C#CC1(O)CCC2C3CCc4cc(OS(=O)(=O)N(C)C)ccc4C3CCC21CC. The molecule has 5 nitrogen and oxygen atoms in total. The first kappa shape index (κ1) is 20.7. The molecule has 6 heteroatoms. The maximum atomic E-state index is 12.0. The van der Waals surface area contributed by atoms with Crippen LogP contribution in [0.4, 0.5) is 0 Å². The molecule has 0 bridgehead atoms. The Morgan fingerprint density at radius 3 is 2.69 bits per heavy atom. The molecule has 29 heavy (non-hydrogen) atoms. The highest BCUT2D eigenvalue weighted by molar-refractivity contribution is 7.84. The zero-order chi connectivity index (χ0) is 21.0. The van der Waals surface area contributed by atoms with Gasteiger partial charge in [-0.1, -0.05) is 18.9 Å². The van der Waals surface area contributed by atoms with Crippen LogP contribution in [0.3, 0.4) is 0 Å². The maximum Gasteiger partial charge on any atom is 0.384 e. The Labute approximate surface area is 174 Å². The number of rotatable bonds is 4. The molecule has 0 spiro atoms. The van der Waals surface area contributed by atoms with E-state index in [4.69, 9.17) is 10.6 Å². The van der Waals surface area contributed by atoms with Gasteiger partial charge >= 0.3 is 10.3 Å². The minimum Gasteiger partial charge on any atom is -0.377 e. The van der Waals surface area contributed by atoms with E-state index in [2.05, 4.69) is 12.8 Å². The smallest absolute Gasteiger partial charge is 0.377 e. The van der Waals surface area contributed by atoms with Crippen LogP contribution in [0, 0.1) is 29.6 Å². The lowest BCUT2D eigenvalue weighted by Crippen LogP contribution is -2.51. The summed E-state index contributed by atoms with van der Waals surface area (Å²) in [6, 6.07) is 5.71. The van der Waals surface area contributed by atoms with Crippen LogP contribution < -0.4 is 4.18 Å². The number of fused-ring (bicyclic) bond motifs is 5. The number of aliphatic hydroxyl groups is 1. The molecule has 2 saturated carbocycles. The van der Waals surface area contributed by atoms with E-state index in [9.17, 15) is 13.5 Å². The molecule has 158 valence electrons. The van der Waals surface area contributed by atoms with Crippen molar-refractivity contribution in [2.24, 2.45) is 17.3 Å². The molecular weight excluding hydrogens is 386 g/mol. The Hall–Kier alpha value is -1.55. The van der Waals surface area contributed by atoms with Crippen LogP contribution in [0.25, 0.3) is 0 Å². The summed E-state index contributed by atoms with van der Waals surface area (Å²) in [5, 5.41) is 11.2. The van der Waals surface area contributed by atoms with E-state index in [-0.39, 0.29) is 5.41 Å². The third kappa shape index (κ3) is 3.01. The number of hydrogen-bond donors (Lipinski definition) is 1. The summed E-state index contributed by atoms with van der Waals surface area (Å²) in [4.78, 5) is 0. The first-order valence-electron chi connectivity index (χ1n) is 10.6. The summed E-state index contributed by atoms with van der Waals surface area (Å²) in [5.41, 5.74) is 1.36. The Morgan fingerprint density at radius 1 is 1.28 bits per heavy atom. The molecule has 5 unspecified atom stereocenters. The molecule has 0 saturated heterocycles. The monoisotopic (exact) mass is 417 g/mol. The average Bonchev–Trinajstić information content (AvgIpc) is 3.01. The summed E-state index contributed by atoms with van der Waals surface area (Å²) in [7, 11) is -0.838. The molecule has 2 fully saturated rings. The van der Waals surface area contributed by atoms with Gasteiger partial charge in [0, 0.05) is 19.5 Å². The van der Waals surface area contributed by atoms with Gasteiger partial charge in [-0.3, -0.25) is 0 Å². The minimum atomic E-state index is -3.75. The highest BCUT2D eigenvalue weighted by atomic mass is 32.2. The van der Waals surface area contributed by atoms with Gasteiger partial charge in [0.05, 0.1) is 0 Å². The number of benzene rings is 1. The first-order valence-corrected chi connectivity index (χ1v) is 12.0. The van der Waals surface area contributed by atoms with Crippen molar-refractivity contribution in [1.29, 1.82) is 0 Å². The van der Waals surface area contributed by atoms with E-state index >= 15 is 0 Å². The highest BCUT2D eigenvalue weighted by Crippen LogP contribution is 2.65. The molecule has 1 aromatic carbocycles. The van der Waals surface area contributed by atoms with Crippen molar-refractivity contribution in [2.75, 3.05) is 14.1 Å². The normalized spacial score (nSPS) is 36.1. The summed E-state index contributed by atoms with van der Waals surface area (Å²) >= 11 is 0. The van der Waals surface area contributed by atoms with Crippen molar-refractivity contribution in [3.05, 3.63) is 29.3 Å². The van der Waals surface area contributed by atoms with Crippen LogP contribution in [-0.2, 0) is 16.7 Å². The van der Waals surface area contributed by atoms with E-state index in [1.807, 2.05) is 12.1 Å². The van der Waals surface area contributed by atoms with Crippen molar-refractivity contribution in [1.82, 2.24) is 4.31 Å². The lowest BCUT2D eigenvalue weighted by atomic mass is 9.52. The van der Waals surface area contributed by atoms with Crippen molar-refractivity contribution in [3.63, 3.8) is 0 Å². The van der Waals surface area contributed by atoms with Gasteiger partial charge in [0.1, 0.15) is 11.4 Å². The Morgan fingerprint density at radius 2 is 2.03 bits per heavy atom. The van der Waals surface area contributed by atoms with Gasteiger partial charge in [0.25, 0.3) is 0 Å². The topological polar surface area (TPSA) is 66.8 Å². The molecule has 0 amide bonds. The predicted octanol–water partition coefficient (Wildman–Crippen LogP) is 3.48. The molecule has 3 aliphatic rings. The van der Waals surface area contributed by atoms with Crippen LogP contribution in [0.2, 0.25) is 0 Å². The lowest BCUT2D eigenvalue weighted by Gasteiger charge is -2.53. The molecular formula is C23H31NO4S. The number of hydrogen-bond acceptors (Lipinski definition) is 4. The molecule has 0 aliphatic heterocycles. The molecule has 0 heterocycles. The van der Waals surface area contributed by atoms with Crippen molar-refractivity contribution in [3.8, 4) is 18.1 Å². The van der Waals surface area contributed by atoms with Crippen molar-refractivity contribution < 1.29 is 17.7 Å². The zero-order valence-electron chi connectivity index (χ0n) is 17.5. The fraction of sp³-hybridized carbons (Fsp3) is 0.652. The molecule has 0 aromatic heterocycles. The number of aryl methyl sites for hydroxylation is 1. The Kier molecular flexibility index (Phi) is 5.00. The van der Waals surface area contributed by atoms with Gasteiger partial charge in [-0.15, -0.1) is 6.42 Å². The van der Waals surface area contributed by atoms with Gasteiger partial charge in [-0.2, -0.15) is 12.7 Å². The van der Waals surface area contributed by atoms with Crippen molar-refractivity contribution >= 4 is 10.3 Å². The van der Waals surface area contributed by atoms with Gasteiger partial charge in [-0.25, -0.2) is 0 Å². The van der Waals surface area contributed by atoms with Gasteiger partial charge in [-0.05, 0) is 86.0 Å². The standard InChI is InChI=1S/C23H31NO4S/c1-5-22-13-11-19-18-10-8-17(28-29(26,27)24(3)4)15-16(18)7-9-20(19)21(22)12-14-23(22,25)6-2/h2,8,10,15,19-21,25H,5,7,9,11-14H2,1,3-4H3. The quantitative estimate of drug-likeness (QED) is 0.762. The fourth-order valence-electron chi connectivity index (χ4n) is 6.59.